The average Bonchev–Trinajstić information content (AvgIpc) is 3.14. The fourth-order valence-electron chi connectivity index (χ4n) is 2.59. The highest BCUT2D eigenvalue weighted by Gasteiger charge is 2.26. The van der Waals surface area contributed by atoms with Crippen molar-refractivity contribution in [1.82, 2.24) is 14.8 Å². The van der Waals surface area contributed by atoms with E-state index in [1.807, 2.05) is 4.57 Å². The van der Waals surface area contributed by atoms with Crippen LogP contribution in [0.1, 0.15) is 36.2 Å². The van der Waals surface area contributed by atoms with E-state index in [9.17, 15) is 9.59 Å². The molecule has 9 heteroatoms. The number of fused-ring (bicyclic) bond motifs is 1. The van der Waals surface area contributed by atoms with Crippen molar-refractivity contribution in [2.45, 2.75) is 31.0 Å². The summed E-state index contributed by atoms with van der Waals surface area (Å²) in [7, 11) is 0. The highest BCUT2D eigenvalue weighted by Crippen LogP contribution is 2.38. The van der Waals surface area contributed by atoms with Gasteiger partial charge in [-0.05, 0) is 25.8 Å². The SMILES string of the molecule is CC(=O)c1cc2c(cc1NC(=O)CSc1nncn1C1CC1)OCO2. The van der Waals surface area contributed by atoms with Gasteiger partial charge in [-0.3, -0.25) is 9.59 Å². The van der Waals surface area contributed by atoms with Gasteiger partial charge in [0, 0.05) is 17.7 Å². The van der Waals surface area contributed by atoms with Crippen LogP contribution < -0.4 is 14.8 Å². The molecule has 8 nitrogen and oxygen atoms in total. The number of ketones is 1. The highest BCUT2D eigenvalue weighted by atomic mass is 32.2. The maximum Gasteiger partial charge on any atom is 0.234 e. The van der Waals surface area contributed by atoms with Crippen molar-refractivity contribution in [2.75, 3.05) is 17.9 Å². The van der Waals surface area contributed by atoms with Gasteiger partial charge >= 0.3 is 0 Å². The minimum absolute atomic E-state index is 0.108. The fourth-order valence-corrected chi connectivity index (χ4v) is 3.37. The summed E-state index contributed by atoms with van der Waals surface area (Å²) in [6.07, 6.45) is 3.94. The van der Waals surface area contributed by atoms with Crippen LogP contribution in [0.15, 0.2) is 23.6 Å². The van der Waals surface area contributed by atoms with Gasteiger partial charge in [0.1, 0.15) is 6.33 Å². The molecular weight excluding hydrogens is 344 g/mol. The Bertz CT molecular complexity index is 847. The van der Waals surface area contributed by atoms with Gasteiger partial charge < -0.3 is 19.4 Å². The molecular formula is C16H16N4O4S. The summed E-state index contributed by atoms with van der Waals surface area (Å²) >= 11 is 1.33. The first-order valence-electron chi connectivity index (χ1n) is 7.88. The molecule has 1 aliphatic heterocycles. The highest BCUT2D eigenvalue weighted by molar-refractivity contribution is 7.99. The van der Waals surface area contributed by atoms with Gasteiger partial charge in [0.15, 0.2) is 22.4 Å². The lowest BCUT2D eigenvalue weighted by Crippen LogP contribution is -2.16. The van der Waals surface area contributed by atoms with E-state index in [-0.39, 0.29) is 24.2 Å². The predicted molar refractivity (Wildman–Crippen MR) is 90.2 cm³/mol. The van der Waals surface area contributed by atoms with Crippen molar-refractivity contribution in [2.24, 2.45) is 0 Å². The van der Waals surface area contributed by atoms with E-state index in [0.29, 0.717) is 28.8 Å². The maximum atomic E-state index is 12.3. The van der Waals surface area contributed by atoms with Crippen molar-refractivity contribution >= 4 is 29.1 Å². The number of thioether (sulfide) groups is 1. The molecule has 0 spiro atoms. The van der Waals surface area contributed by atoms with Gasteiger partial charge in [0.2, 0.25) is 12.7 Å². The minimum Gasteiger partial charge on any atom is -0.454 e. The van der Waals surface area contributed by atoms with Crippen LogP contribution in [0.5, 0.6) is 11.5 Å². The van der Waals surface area contributed by atoms with E-state index in [1.54, 1.807) is 18.5 Å². The van der Waals surface area contributed by atoms with Gasteiger partial charge in [-0.25, -0.2) is 0 Å². The molecule has 2 heterocycles. The minimum atomic E-state index is -0.225. The summed E-state index contributed by atoms with van der Waals surface area (Å²) in [5.41, 5.74) is 0.815. The number of anilines is 1. The number of carbonyl (C=O) groups is 2. The maximum absolute atomic E-state index is 12.3. The Balaban J connectivity index is 1.45. The molecule has 1 N–H and O–H groups in total. The topological polar surface area (TPSA) is 95.3 Å². The van der Waals surface area contributed by atoms with Crippen LogP contribution >= 0.6 is 11.8 Å². The Labute approximate surface area is 147 Å². The molecule has 2 aromatic rings. The van der Waals surface area contributed by atoms with Crippen LogP contribution in [0.25, 0.3) is 0 Å². The van der Waals surface area contributed by atoms with Crippen molar-refractivity contribution in [3.05, 3.63) is 24.0 Å². The van der Waals surface area contributed by atoms with Gasteiger partial charge in [-0.15, -0.1) is 10.2 Å². The second kappa shape index (κ2) is 6.40. The lowest BCUT2D eigenvalue weighted by molar-refractivity contribution is -0.113. The third-order valence-electron chi connectivity index (χ3n) is 3.98. The number of Topliss-reactive ketones (excluding diaryl/α,β-unsaturated/α-hetero) is 1. The molecule has 0 atom stereocenters. The van der Waals surface area contributed by atoms with Crippen LogP contribution in [0.2, 0.25) is 0 Å². The van der Waals surface area contributed by atoms with Crippen molar-refractivity contribution in [3.63, 3.8) is 0 Å². The lowest BCUT2D eigenvalue weighted by Gasteiger charge is -2.10. The summed E-state index contributed by atoms with van der Waals surface area (Å²) in [5.74, 6) is 0.819. The molecule has 1 amide bonds. The van der Waals surface area contributed by atoms with Crippen LogP contribution in [-0.2, 0) is 4.79 Å². The first-order valence-corrected chi connectivity index (χ1v) is 8.87. The van der Waals surface area contributed by atoms with E-state index in [2.05, 4.69) is 15.5 Å². The standard InChI is InChI=1S/C16H16N4O4S/c1-9(21)11-4-13-14(24-8-23-13)5-12(11)18-15(22)6-25-16-19-17-7-20(16)10-2-3-10/h4-5,7,10H,2-3,6,8H2,1H3,(H,18,22). The number of benzene rings is 1. The number of nitrogens with one attached hydrogen (secondary N) is 1. The molecule has 1 aromatic heterocycles. The molecule has 1 fully saturated rings. The number of hydrogen-bond donors (Lipinski definition) is 1. The Hall–Kier alpha value is -2.55. The van der Waals surface area contributed by atoms with E-state index in [4.69, 9.17) is 9.47 Å². The van der Waals surface area contributed by atoms with Crippen LogP contribution in [0.4, 0.5) is 5.69 Å². The summed E-state index contributed by atoms with van der Waals surface area (Å²) in [6, 6.07) is 3.67. The molecule has 0 radical (unpaired) electrons. The third-order valence-corrected chi connectivity index (χ3v) is 4.94. The van der Waals surface area contributed by atoms with Gasteiger partial charge in [-0.2, -0.15) is 0 Å². The van der Waals surface area contributed by atoms with E-state index in [1.165, 1.54) is 18.7 Å². The van der Waals surface area contributed by atoms with Crippen LogP contribution in [-0.4, -0.2) is 39.0 Å². The number of ether oxygens (including phenoxy) is 2. The smallest absolute Gasteiger partial charge is 0.234 e. The molecule has 4 rings (SSSR count). The predicted octanol–water partition coefficient (Wildman–Crippen LogP) is 2.28. The summed E-state index contributed by atoms with van der Waals surface area (Å²) in [5, 5.41) is 11.5. The van der Waals surface area contributed by atoms with Gasteiger partial charge in [0.05, 0.1) is 11.4 Å². The molecule has 1 aromatic carbocycles. The largest absolute Gasteiger partial charge is 0.454 e. The first-order chi connectivity index (χ1) is 12.1. The molecule has 2 aliphatic rings. The Morgan fingerprint density at radius 3 is 2.80 bits per heavy atom. The van der Waals surface area contributed by atoms with Gasteiger partial charge in [-0.1, -0.05) is 11.8 Å². The molecule has 1 saturated carbocycles. The van der Waals surface area contributed by atoms with E-state index in [0.717, 1.165) is 18.0 Å². The molecule has 0 unspecified atom stereocenters. The number of carbonyl (C=O) groups excluding carboxylic acids is 2. The fraction of sp³-hybridized carbons (Fsp3) is 0.375. The quantitative estimate of drug-likeness (QED) is 0.623. The molecule has 25 heavy (non-hydrogen) atoms. The van der Waals surface area contributed by atoms with E-state index < -0.39 is 0 Å². The average molecular weight is 360 g/mol. The normalized spacial score (nSPS) is 15.2. The monoisotopic (exact) mass is 360 g/mol. The van der Waals surface area contributed by atoms with Crippen molar-refractivity contribution in [3.8, 4) is 11.5 Å². The van der Waals surface area contributed by atoms with E-state index >= 15 is 0 Å². The van der Waals surface area contributed by atoms with Crippen molar-refractivity contribution in [1.29, 1.82) is 0 Å². The Morgan fingerprint density at radius 2 is 2.08 bits per heavy atom. The number of aromatic nitrogens is 3. The molecule has 1 aliphatic carbocycles. The second-order valence-electron chi connectivity index (χ2n) is 5.90. The molecule has 130 valence electrons. The Kier molecular flexibility index (Phi) is 4.08. The van der Waals surface area contributed by atoms with Gasteiger partial charge in [0.25, 0.3) is 0 Å². The zero-order chi connectivity index (χ0) is 17.4. The first kappa shape index (κ1) is 15.9. The molecule has 0 bridgehead atoms. The Morgan fingerprint density at radius 1 is 1.32 bits per heavy atom. The number of rotatable bonds is 6. The third kappa shape index (κ3) is 3.32. The summed E-state index contributed by atoms with van der Waals surface area (Å²) < 4.78 is 12.6. The summed E-state index contributed by atoms with van der Waals surface area (Å²) in [4.78, 5) is 24.2. The summed E-state index contributed by atoms with van der Waals surface area (Å²) in [6.45, 7) is 1.55. The second-order valence-corrected chi connectivity index (χ2v) is 6.84. The van der Waals surface area contributed by atoms with Crippen LogP contribution in [0, 0.1) is 0 Å². The molecule has 0 saturated heterocycles. The zero-order valence-corrected chi connectivity index (χ0v) is 14.3. The number of amides is 1. The number of nitrogens with zero attached hydrogens (tertiary/aromatic N) is 3. The lowest BCUT2D eigenvalue weighted by atomic mass is 10.1. The van der Waals surface area contributed by atoms with Crippen molar-refractivity contribution < 1.29 is 19.1 Å². The van der Waals surface area contributed by atoms with Crippen LogP contribution in [0.3, 0.4) is 0 Å². The zero-order valence-electron chi connectivity index (χ0n) is 13.5. The number of hydrogen-bond acceptors (Lipinski definition) is 7.